The Balaban J connectivity index is 1.87. The van der Waals surface area contributed by atoms with Gasteiger partial charge in [-0.2, -0.15) is 0 Å². The Bertz CT molecular complexity index is 648. The van der Waals surface area contributed by atoms with E-state index in [1.165, 1.54) is 5.56 Å². The lowest BCUT2D eigenvalue weighted by molar-refractivity contribution is 0.171. The first-order chi connectivity index (χ1) is 10.3. The minimum atomic E-state index is 0.594. The number of nitrogens with two attached hydrogens (primary N) is 1. The Morgan fingerprint density at radius 2 is 1.86 bits per heavy atom. The number of hydrogen-bond acceptors (Lipinski definition) is 4. The molecule has 0 amide bonds. The molecule has 0 bridgehead atoms. The summed E-state index contributed by atoms with van der Waals surface area (Å²) >= 11 is 7.77. The van der Waals surface area contributed by atoms with Gasteiger partial charge in [0.25, 0.3) is 0 Å². The Morgan fingerprint density at radius 3 is 2.67 bits per heavy atom. The summed E-state index contributed by atoms with van der Waals surface area (Å²) in [5, 5.41) is 0.732. The molecule has 0 saturated carbocycles. The van der Waals surface area contributed by atoms with Crippen LogP contribution < -0.4 is 15.2 Å². The van der Waals surface area contributed by atoms with Gasteiger partial charge in [-0.3, -0.25) is 0 Å². The highest BCUT2D eigenvalue weighted by Gasteiger charge is 2.13. The van der Waals surface area contributed by atoms with Crippen molar-refractivity contribution in [2.45, 2.75) is 16.2 Å². The van der Waals surface area contributed by atoms with Crippen LogP contribution in [-0.2, 0) is 6.42 Å². The fourth-order valence-electron chi connectivity index (χ4n) is 2.20. The quantitative estimate of drug-likeness (QED) is 0.931. The molecule has 0 aromatic heterocycles. The molecule has 0 saturated heterocycles. The largest absolute Gasteiger partial charge is 0.486 e. The molecule has 2 aromatic rings. The zero-order valence-electron chi connectivity index (χ0n) is 11.5. The van der Waals surface area contributed by atoms with Gasteiger partial charge in [0.05, 0.1) is 0 Å². The summed E-state index contributed by atoms with van der Waals surface area (Å²) in [4.78, 5) is 2.23. The van der Waals surface area contributed by atoms with E-state index < -0.39 is 0 Å². The molecule has 2 N–H and O–H groups in total. The van der Waals surface area contributed by atoms with Gasteiger partial charge < -0.3 is 15.2 Å². The van der Waals surface area contributed by atoms with E-state index in [9.17, 15) is 0 Å². The molecule has 0 aliphatic carbocycles. The minimum absolute atomic E-state index is 0.594. The van der Waals surface area contributed by atoms with Crippen molar-refractivity contribution in [2.24, 2.45) is 5.73 Å². The van der Waals surface area contributed by atoms with E-state index in [0.29, 0.717) is 19.8 Å². The van der Waals surface area contributed by atoms with Gasteiger partial charge in [0, 0.05) is 14.8 Å². The van der Waals surface area contributed by atoms with Crippen LogP contribution in [-0.4, -0.2) is 19.8 Å². The maximum atomic E-state index is 6.11. The normalized spacial score (nSPS) is 13.2. The monoisotopic (exact) mass is 321 g/mol. The van der Waals surface area contributed by atoms with Gasteiger partial charge in [-0.05, 0) is 48.9 Å². The van der Waals surface area contributed by atoms with Crippen LogP contribution in [0.4, 0.5) is 0 Å². The molecule has 1 aliphatic heterocycles. The fraction of sp³-hybridized carbons (Fsp3) is 0.250. The van der Waals surface area contributed by atoms with Crippen LogP contribution in [0.15, 0.2) is 46.2 Å². The molecule has 0 radical (unpaired) electrons. The van der Waals surface area contributed by atoms with Crippen molar-refractivity contribution in [3.63, 3.8) is 0 Å². The predicted molar refractivity (Wildman–Crippen MR) is 85.8 cm³/mol. The van der Waals surface area contributed by atoms with E-state index in [1.54, 1.807) is 11.8 Å². The van der Waals surface area contributed by atoms with Crippen molar-refractivity contribution < 1.29 is 9.47 Å². The number of halogens is 1. The molecule has 3 nitrogen and oxygen atoms in total. The van der Waals surface area contributed by atoms with Crippen LogP contribution in [0, 0.1) is 0 Å². The highest BCUT2D eigenvalue weighted by molar-refractivity contribution is 7.99. The maximum Gasteiger partial charge on any atom is 0.162 e. The van der Waals surface area contributed by atoms with Gasteiger partial charge in [0.1, 0.15) is 13.2 Å². The summed E-state index contributed by atoms with van der Waals surface area (Å²) < 4.78 is 11.2. The van der Waals surface area contributed by atoms with Gasteiger partial charge in [-0.1, -0.05) is 29.4 Å². The third kappa shape index (κ3) is 3.46. The molecule has 110 valence electrons. The zero-order valence-corrected chi connectivity index (χ0v) is 13.0. The van der Waals surface area contributed by atoms with Gasteiger partial charge in [0.15, 0.2) is 11.5 Å². The van der Waals surface area contributed by atoms with Crippen molar-refractivity contribution in [3.05, 3.63) is 47.0 Å². The molecular formula is C16H16ClNO2S. The standard InChI is InChI=1S/C16H16ClNO2S/c17-12-2-1-11(5-6-18)16(9-12)21-13-3-4-14-15(10-13)20-8-7-19-14/h1-4,9-10H,5-8,18H2. The molecule has 2 aromatic carbocycles. The smallest absolute Gasteiger partial charge is 0.162 e. The number of hydrogen-bond donors (Lipinski definition) is 1. The number of ether oxygens (including phenoxy) is 2. The van der Waals surface area contributed by atoms with E-state index in [4.69, 9.17) is 26.8 Å². The maximum absolute atomic E-state index is 6.11. The first-order valence-electron chi connectivity index (χ1n) is 6.82. The third-order valence-corrected chi connectivity index (χ3v) is 4.51. The lowest BCUT2D eigenvalue weighted by Crippen LogP contribution is -2.15. The first-order valence-corrected chi connectivity index (χ1v) is 8.02. The summed E-state index contributed by atoms with van der Waals surface area (Å²) in [7, 11) is 0. The van der Waals surface area contributed by atoms with Gasteiger partial charge in [-0.25, -0.2) is 0 Å². The Kier molecular flexibility index (Phi) is 4.58. The third-order valence-electron chi connectivity index (χ3n) is 3.18. The zero-order chi connectivity index (χ0) is 14.7. The Labute approximate surface area is 133 Å². The second-order valence-corrected chi connectivity index (χ2v) is 6.25. The number of benzene rings is 2. The molecule has 3 rings (SSSR count). The van der Waals surface area contributed by atoms with Crippen LogP contribution in [0.3, 0.4) is 0 Å². The summed E-state index contributed by atoms with van der Waals surface area (Å²) in [5.41, 5.74) is 6.88. The van der Waals surface area contributed by atoms with Crippen molar-refractivity contribution in [1.29, 1.82) is 0 Å². The van der Waals surface area contributed by atoms with Crippen molar-refractivity contribution in [3.8, 4) is 11.5 Å². The van der Waals surface area contributed by atoms with Crippen LogP contribution in [0.25, 0.3) is 0 Å². The minimum Gasteiger partial charge on any atom is -0.486 e. The molecule has 1 aliphatic rings. The van der Waals surface area contributed by atoms with Crippen LogP contribution in [0.5, 0.6) is 11.5 Å². The van der Waals surface area contributed by atoms with E-state index in [-0.39, 0.29) is 0 Å². The predicted octanol–water partition coefficient (Wildman–Crippen LogP) is 3.76. The summed E-state index contributed by atoms with van der Waals surface area (Å²) in [5.74, 6) is 1.60. The van der Waals surface area contributed by atoms with E-state index in [1.807, 2.05) is 36.4 Å². The van der Waals surface area contributed by atoms with E-state index >= 15 is 0 Å². The van der Waals surface area contributed by atoms with Crippen LogP contribution >= 0.6 is 23.4 Å². The Morgan fingerprint density at radius 1 is 1.05 bits per heavy atom. The molecular weight excluding hydrogens is 306 g/mol. The second-order valence-electron chi connectivity index (χ2n) is 4.70. The molecule has 1 heterocycles. The second kappa shape index (κ2) is 6.60. The highest BCUT2D eigenvalue weighted by atomic mass is 35.5. The fourth-order valence-corrected chi connectivity index (χ4v) is 3.48. The van der Waals surface area contributed by atoms with Crippen LogP contribution in [0.1, 0.15) is 5.56 Å². The molecule has 5 heteroatoms. The topological polar surface area (TPSA) is 44.5 Å². The Hall–Kier alpha value is -1.36. The summed E-state index contributed by atoms with van der Waals surface area (Å²) in [6.45, 7) is 1.82. The van der Waals surface area contributed by atoms with Gasteiger partial charge >= 0.3 is 0 Å². The number of rotatable bonds is 4. The number of fused-ring (bicyclic) bond motifs is 1. The molecule has 0 fully saturated rings. The van der Waals surface area contributed by atoms with E-state index in [0.717, 1.165) is 32.7 Å². The van der Waals surface area contributed by atoms with Crippen molar-refractivity contribution >= 4 is 23.4 Å². The van der Waals surface area contributed by atoms with Crippen LogP contribution in [0.2, 0.25) is 5.02 Å². The average molecular weight is 322 g/mol. The molecule has 0 atom stereocenters. The van der Waals surface area contributed by atoms with Gasteiger partial charge in [-0.15, -0.1) is 0 Å². The SMILES string of the molecule is NCCc1ccc(Cl)cc1Sc1ccc2c(c1)OCCO2. The lowest BCUT2D eigenvalue weighted by atomic mass is 10.1. The first kappa shape index (κ1) is 14.6. The van der Waals surface area contributed by atoms with Crippen molar-refractivity contribution in [2.75, 3.05) is 19.8 Å². The highest BCUT2D eigenvalue weighted by Crippen LogP contribution is 2.38. The molecule has 0 spiro atoms. The molecule has 0 unspecified atom stereocenters. The van der Waals surface area contributed by atoms with E-state index in [2.05, 4.69) is 0 Å². The summed E-state index contributed by atoms with van der Waals surface area (Å²) in [6, 6.07) is 11.9. The summed E-state index contributed by atoms with van der Waals surface area (Å²) in [6.07, 6.45) is 0.837. The van der Waals surface area contributed by atoms with Crippen molar-refractivity contribution in [1.82, 2.24) is 0 Å². The molecule has 21 heavy (non-hydrogen) atoms. The lowest BCUT2D eigenvalue weighted by Gasteiger charge is -2.19. The van der Waals surface area contributed by atoms with Gasteiger partial charge in [0.2, 0.25) is 0 Å². The average Bonchev–Trinajstić information content (AvgIpc) is 2.50.